The number of hydrogen-bond acceptors (Lipinski definition) is 3. The maximum atomic E-state index is 14.0. The number of amides is 1. The molecule has 1 fully saturated rings. The molecule has 0 aromatic carbocycles. The third-order valence-electron chi connectivity index (χ3n) is 3.66. The van der Waals surface area contributed by atoms with Gasteiger partial charge >= 0.3 is 12.0 Å². The molecule has 134 valence electrons. The van der Waals surface area contributed by atoms with Crippen LogP contribution in [0.2, 0.25) is 0 Å². The van der Waals surface area contributed by atoms with Crippen LogP contribution in [0.15, 0.2) is 22.8 Å². The molecular formula is C16H22BrF2N3O2. The highest BCUT2D eigenvalue weighted by Crippen LogP contribution is 2.39. The lowest BCUT2D eigenvalue weighted by atomic mass is 10.1. The van der Waals surface area contributed by atoms with Gasteiger partial charge < -0.3 is 10.1 Å². The summed E-state index contributed by atoms with van der Waals surface area (Å²) in [5, 5.41) is 6.80. The fourth-order valence-corrected chi connectivity index (χ4v) is 2.58. The summed E-state index contributed by atoms with van der Waals surface area (Å²) < 4.78 is 35.2. The van der Waals surface area contributed by atoms with E-state index in [0.717, 1.165) is 12.8 Å². The Balaban J connectivity index is 2.10. The van der Waals surface area contributed by atoms with Crippen LogP contribution in [0.4, 0.5) is 13.6 Å². The van der Waals surface area contributed by atoms with Crippen molar-refractivity contribution in [2.45, 2.75) is 64.1 Å². The maximum Gasteiger partial charge on any atom is 0.408 e. The number of ether oxygens (including phenoxy) is 1. The molecule has 1 aromatic heterocycles. The molecule has 0 atom stereocenters. The number of nitrogens with zero attached hydrogens (tertiary/aromatic N) is 2. The molecule has 1 aliphatic rings. The number of nitrogens with one attached hydrogen (secondary N) is 1. The number of rotatable bonds is 5. The van der Waals surface area contributed by atoms with Gasteiger partial charge in [-0.15, -0.1) is 0 Å². The normalized spacial score (nSPS) is 16.6. The molecule has 24 heavy (non-hydrogen) atoms. The van der Waals surface area contributed by atoms with Gasteiger partial charge in [-0.1, -0.05) is 6.58 Å². The molecule has 2 rings (SSSR count). The molecule has 0 bridgehead atoms. The van der Waals surface area contributed by atoms with Crippen LogP contribution in [0.25, 0.3) is 0 Å². The summed E-state index contributed by atoms with van der Waals surface area (Å²) in [6.07, 6.45) is 0.964. The Morgan fingerprint density at radius 1 is 1.50 bits per heavy atom. The van der Waals surface area contributed by atoms with Gasteiger partial charge in [-0.25, -0.2) is 4.79 Å². The molecule has 0 radical (unpaired) electrons. The molecule has 1 N–H and O–H groups in total. The number of halogens is 3. The van der Waals surface area contributed by atoms with E-state index in [0.29, 0.717) is 11.1 Å². The van der Waals surface area contributed by atoms with Crippen molar-refractivity contribution in [3.8, 4) is 0 Å². The highest BCUT2D eigenvalue weighted by molar-refractivity contribution is 9.10. The lowest BCUT2D eigenvalue weighted by Crippen LogP contribution is -2.43. The predicted molar refractivity (Wildman–Crippen MR) is 90.0 cm³/mol. The van der Waals surface area contributed by atoms with Crippen LogP contribution in [0.5, 0.6) is 0 Å². The summed E-state index contributed by atoms with van der Waals surface area (Å²) >= 11 is 3.25. The Kier molecular flexibility index (Phi) is 4.82. The van der Waals surface area contributed by atoms with Crippen molar-refractivity contribution in [1.29, 1.82) is 0 Å². The Labute approximate surface area is 148 Å². The van der Waals surface area contributed by atoms with E-state index in [4.69, 9.17) is 4.74 Å². The Morgan fingerprint density at radius 3 is 2.54 bits per heavy atom. The van der Waals surface area contributed by atoms with Gasteiger partial charge in [-0.05, 0) is 62.0 Å². The van der Waals surface area contributed by atoms with Crippen LogP contribution >= 0.6 is 15.9 Å². The average Bonchev–Trinajstić information content (AvgIpc) is 3.02. The minimum atomic E-state index is -3.19. The summed E-state index contributed by atoms with van der Waals surface area (Å²) in [5.41, 5.74) is -1.74. The highest BCUT2D eigenvalue weighted by Gasteiger charge is 2.46. The van der Waals surface area contributed by atoms with Crippen molar-refractivity contribution in [2.75, 3.05) is 0 Å². The molecule has 0 spiro atoms. The maximum absolute atomic E-state index is 14.0. The number of allylic oxidation sites excluding steroid dienone is 1. The second-order valence-electron chi connectivity index (χ2n) is 7.27. The molecule has 1 amide bonds. The SMILES string of the molecule is C=C(C)C(F)(F)c1cc(Br)n(CC2(NC(=O)OC(C)(C)C)CC2)n1. The number of alkyl halides is 2. The van der Waals surface area contributed by atoms with Gasteiger partial charge in [0.2, 0.25) is 0 Å². The van der Waals surface area contributed by atoms with Crippen molar-refractivity contribution in [1.82, 2.24) is 15.1 Å². The van der Waals surface area contributed by atoms with Gasteiger partial charge in [0.15, 0.2) is 0 Å². The van der Waals surface area contributed by atoms with Crippen LogP contribution < -0.4 is 5.32 Å². The third-order valence-corrected chi connectivity index (χ3v) is 4.30. The Bertz CT molecular complexity index is 661. The predicted octanol–water partition coefficient (Wildman–Crippen LogP) is 4.37. The van der Waals surface area contributed by atoms with Crippen molar-refractivity contribution in [2.24, 2.45) is 0 Å². The second kappa shape index (κ2) is 6.13. The van der Waals surface area contributed by atoms with Crippen LogP contribution in [-0.2, 0) is 17.2 Å². The van der Waals surface area contributed by atoms with E-state index in [9.17, 15) is 13.6 Å². The molecule has 0 unspecified atom stereocenters. The summed E-state index contributed by atoms with van der Waals surface area (Å²) in [6, 6.07) is 1.28. The molecule has 1 heterocycles. The first-order valence-electron chi connectivity index (χ1n) is 7.63. The zero-order valence-electron chi connectivity index (χ0n) is 14.3. The minimum absolute atomic E-state index is 0.271. The standard InChI is InChI=1S/C16H22BrF2N3O2/c1-10(2)16(18,19)11-8-12(17)22(21-11)9-15(6-7-15)20-13(23)24-14(3,4)5/h8H,1,6-7,9H2,2-5H3,(H,20,23). The largest absolute Gasteiger partial charge is 0.444 e. The van der Waals surface area contributed by atoms with Crippen molar-refractivity contribution in [3.63, 3.8) is 0 Å². The summed E-state index contributed by atoms with van der Waals surface area (Å²) in [4.78, 5) is 11.9. The first-order chi connectivity index (χ1) is 10.8. The van der Waals surface area contributed by atoms with E-state index in [2.05, 4.69) is 32.9 Å². The summed E-state index contributed by atoms with van der Waals surface area (Å²) in [7, 11) is 0. The third kappa shape index (κ3) is 4.34. The molecular weight excluding hydrogens is 384 g/mol. The monoisotopic (exact) mass is 405 g/mol. The number of alkyl carbamates (subject to hydrolysis) is 1. The quantitative estimate of drug-likeness (QED) is 0.739. The van der Waals surface area contributed by atoms with Gasteiger partial charge in [0.05, 0.1) is 12.1 Å². The van der Waals surface area contributed by atoms with Crippen molar-refractivity contribution in [3.05, 3.63) is 28.5 Å². The zero-order chi connectivity index (χ0) is 18.3. The molecule has 1 saturated carbocycles. The topological polar surface area (TPSA) is 56.2 Å². The Morgan fingerprint density at radius 2 is 2.08 bits per heavy atom. The van der Waals surface area contributed by atoms with Gasteiger partial charge in [0, 0.05) is 6.07 Å². The van der Waals surface area contributed by atoms with Crippen LogP contribution in [0.3, 0.4) is 0 Å². The molecule has 8 heteroatoms. The number of carbonyl (C=O) groups is 1. The molecule has 1 aliphatic carbocycles. The average molecular weight is 406 g/mol. The number of carbonyl (C=O) groups excluding carboxylic acids is 1. The number of hydrogen-bond donors (Lipinski definition) is 1. The molecule has 0 saturated heterocycles. The van der Waals surface area contributed by atoms with Crippen LogP contribution in [-0.4, -0.2) is 27.0 Å². The smallest absolute Gasteiger partial charge is 0.408 e. The highest BCUT2D eigenvalue weighted by atomic mass is 79.9. The van der Waals surface area contributed by atoms with Crippen molar-refractivity contribution < 1.29 is 18.3 Å². The second-order valence-corrected chi connectivity index (χ2v) is 8.08. The van der Waals surface area contributed by atoms with E-state index in [1.54, 1.807) is 20.8 Å². The van der Waals surface area contributed by atoms with Gasteiger partial charge in [-0.2, -0.15) is 13.9 Å². The van der Waals surface area contributed by atoms with Gasteiger partial charge in [-0.3, -0.25) is 4.68 Å². The van der Waals surface area contributed by atoms with E-state index in [1.165, 1.54) is 17.7 Å². The first kappa shape index (κ1) is 18.9. The lowest BCUT2D eigenvalue weighted by molar-refractivity contribution is 0.0326. The van der Waals surface area contributed by atoms with E-state index in [-0.39, 0.29) is 11.3 Å². The van der Waals surface area contributed by atoms with Crippen LogP contribution in [0.1, 0.15) is 46.2 Å². The molecule has 5 nitrogen and oxygen atoms in total. The fourth-order valence-electron chi connectivity index (χ4n) is 2.16. The van der Waals surface area contributed by atoms with Crippen LogP contribution in [0, 0.1) is 0 Å². The van der Waals surface area contributed by atoms with E-state index >= 15 is 0 Å². The molecule has 1 aromatic rings. The summed E-state index contributed by atoms with van der Waals surface area (Å²) in [6.45, 7) is 10.2. The lowest BCUT2D eigenvalue weighted by Gasteiger charge is -2.23. The molecule has 0 aliphatic heterocycles. The Hall–Kier alpha value is -1.44. The zero-order valence-corrected chi connectivity index (χ0v) is 15.8. The fraction of sp³-hybridized carbons (Fsp3) is 0.625. The van der Waals surface area contributed by atoms with Gasteiger partial charge in [0.25, 0.3) is 0 Å². The van der Waals surface area contributed by atoms with E-state index < -0.39 is 23.2 Å². The first-order valence-corrected chi connectivity index (χ1v) is 8.43. The number of aromatic nitrogens is 2. The van der Waals surface area contributed by atoms with Gasteiger partial charge in [0.1, 0.15) is 15.9 Å². The van der Waals surface area contributed by atoms with E-state index in [1.807, 2.05) is 0 Å². The summed E-state index contributed by atoms with van der Waals surface area (Å²) in [5.74, 6) is -3.19. The van der Waals surface area contributed by atoms with Crippen molar-refractivity contribution >= 4 is 22.0 Å². The minimum Gasteiger partial charge on any atom is -0.444 e.